The molecule has 0 radical (unpaired) electrons. The van der Waals surface area contributed by atoms with E-state index in [2.05, 4.69) is 31.2 Å². The van der Waals surface area contributed by atoms with Crippen LogP contribution in [0.1, 0.15) is 19.3 Å². The highest BCUT2D eigenvalue weighted by molar-refractivity contribution is 6.02. The average Bonchev–Trinajstić information content (AvgIpc) is 2.84. The molecule has 2 aromatic heterocycles. The number of nitrogens with zero attached hydrogens (tertiary/aromatic N) is 2. The summed E-state index contributed by atoms with van der Waals surface area (Å²) < 4.78 is 0. The molecule has 2 heterocycles. The molecule has 2 aromatic carbocycles. The summed E-state index contributed by atoms with van der Waals surface area (Å²) in [5.41, 5.74) is 1.51. The quantitative estimate of drug-likeness (QED) is 0.291. The van der Waals surface area contributed by atoms with E-state index in [9.17, 15) is 9.59 Å². The van der Waals surface area contributed by atoms with Gasteiger partial charge in [0.25, 0.3) is 0 Å². The maximum atomic E-state index is 12.2. The molecular weight excluding hydrogens is 416 g/mol. The normalized spacial score (nSPS) is 10.7. The Hall–Kier alpha value is -4.20. The van der Waals surface area contributed by atoms with Gasteiger partial charge < -0.3 is 21.3 Å². The number of urea groups is 2. The Morgan fingerprint density at radius 1 is 0.636 bits per heavy atom. The fourth-order valence-corrected chi connectivity index (χ4v) is 3.63. The number of carbonyl (C=O) groups excluding carboxylic acids is 2. The second-order valence-electron chi connectivity index (χ2n) is 7.63. The third kappa shape index (κ3) is 5.94. The SMILES string of the molecule is O=C(NCCCCCNC(=O)Nc1cccc2cnccc12)Nc1cccc2cnccc12. The number of carbonyl (C=O) groups is 2. The molecule has 4 aromatic rings. The number of unbranched alkanes of at least 4 members (excludes halogenated alkanes) is 2. The van der Waals surface area contributed by atoms with Crippen molar-refractivity contribution in [2.24, 2.45) is 0 Å². The van der Waals surface area contributed by atoms with E-state index in [1.165, 1.54) is 0 Å². The van der Waals surface area contributed by atoms with Crippen molar-refractivity contribution in [1.82, 2.24) is 20.6 Å². The summed E-state index contributed by atoms with van der Waals surface area (Å²) >= 11 is 0. The highest BCUT2D eigenvalue weighted by Gasteiger charge is 2.06. The summed E-state index contributed by atoms with van der Waals surface area (Å²) in [7, 11) is 0. The summed E-state index contributed by atoms with van der Waals surface area (Å²) in [6.07, 6.45) is 9.50. The van der Waals surface area contributed by atoms with Gasteiger partial charge in [0, 0.05) is 59.4 Å². The molecule has 4 amide bonds. The van der Waals surface area contributed by atoms with Crippen LogP contribution in [0.2, 0.25) is 0 Å². The number of nitrogens with one attached hydrogen (secondary N) is 4. The topological polar surface area (TPSA) is 108 Å². The van der Waals surface area contributed by atoms with Crippen LogP contribution in [-0.2, 0) is 0 Å². The van der Waals surface area contributed by atoms with Crippen LogP contribution in [0.5, 0.6) is 0 Å². The first kappa shape index (κ1) is 22.0. The third-order valence-corrected chi connectivity index (χ3v) is 5.28. The molecule has 0 spiro atoms. The molecule has 0 aliphatic rings. The molecule has 0 saturated heterocycles. The molecule has 0 bridgehead atoms. The van der Waals surface area contributed by atoms with Crippen LogP contribution in [0.15, 0.2) is 73.3 Å². The molecule has 4 rings (SSSR count). The number of pyridine rings is 2. The van der Waals surface area contributed by atoms with Gasteiger partial charge in [-0.15, -0.1) is 0 Å². The smallest absolute Gasteiger partial charge is 0.319 e. The summed E-state index contributed by atoms with van der Waals surface area (Å²) in [6, 6.07) is 14.7. The number of anilines is 2. The Bertz CT molecular complexity index is 1150. The number of aromatic nitrogens is 2. The number of hydrogen-bond donors (Lipinski definition) is 4. The molecular formula is C25H26N6O2. The standard InChI is InChI=1S/C25H26N6O2/c32-24(30-22-8-4-6-18-16-26-14-10-20(18)22)28-12-2-1-3-13-29-25(33)31-23-9-5-7-19-17-27-15-11-21(19)23/h4-11,14-17H,1-3,12-13H2,(H2,28,30,32)(H2,29,31,33). The van der Waals surface area contributed by atoms with Crippen molar-refractivity contribution in [3.8, 4) is 0 Å². The Morgan fingerprint density at radius 2 is 1.12 bits per heavy atom. The lowest BCUT2D eigenvalue weighted by molar-refractivity contribution is 0.251. The summed E-state index contributed by atoms with van der Waals surface area (Å²) in [6.45, 7) is 1.13. The Morgan fingerprint density at radius 3 is 1.61 bits per heavy atom. The molecule has 0 aliphatic carbocycles. The van der Waals surface area contributed by atoms with Gasteiger partial charge in [-0.1, -0.05) is 24.3 Å². The minimum atomic E-state index is -0.234. The summed E-state index contributed by atoms with van der Waals surface area (Å²) in [4.78, 5) is 32.6. The van der Waals surface area contributed by atoms with E-state index in [0.29, 0.717) is 13.1 Å². The highest BCUT2D eigenvalue weighted by atomic mass is 16.2. The molecule has 8 heteroatoms. The predicted octanol–water partition coefficient (Wildman–Crippen LogP) is 4.90. The second-order valence-corrected chi connectivity index (χ2v) is 7.63. The Kier molecular flexibility index (Phi) is 7.27. The number of hydrogen-bond acceptors (Lipinski definition) is 4. The fourth-order valence-electron chi connectivity index (χ4n) is 3.63. The van der Waals surface area contributed by atoms with Gasteiger partial charge in [-0.25, -0.2) is 9.59 Å². The molecule has 0 unspecified atom stereocenters. The lowest BCUT2D eigenvalue weighted by atomic mass is 10.1. The number of rotatable bonds is 8. The minimum absolute atomic E-state index is 0.234. The molecule has 8 nitrogen and oxygen atoms in total. The Balaban J connectivity index is 1.12. The first-order valence-corrected chi connectivity index (χ1v) is 11.0. The van der Waals surface area contributed by atoms with E-state index in [-0.39, 0.29) is 12.1 Å². The lowest BCUT2D eigenvalue weighted by Crippen LogP contribution is -2.30. The van der Waals surface area contributed by atoms with E-state index in [1.54, 1.807) is 24.8 Å². The van der Waals surface area contributed by atoms with Gasteiger partial charge in [0.05, 0.1) is 11.4 Å². The molecule has 0 atom stereocenters. The van der Waals surface area contributed by atoms with Crippen molar-refractivity contribution in [2.75, 3.05) is 23.7 Å². The minimum Gasteiger partial charge on any atom is -0.338 e. The van der Waals surface area contributed by atoms with Gasteiger partial charge >= 0.3 is 12.1 Å². The van der Waals surface area contributed by atoms with E-state index in [4.69, 9.17) is 0 Å². The number of amides is 4. The van der Waals surface area contributed by atoms with E-state index < -0.39 is 0 Å². The van der Waals surface area contributed by atoms with Crippen molar-refractivity contribution in [1.29, 1.82) is 0 Å². The second kappa shape index (κ2) is 10.9. The van der Waals surface area contributed by atoms with Crippen LogP contribution >= 0.6 is 0 Å². The Labute approximate surface area is 191 Å². The molecule has 0 saturated carbocycles. The first-order valence-electron chi connectivity index (χ1n) is 11.0. The maximum absolute atomic E-state index is 12.2. The first-order chi connectivity index (χ1) is 16.2. The van der Waals surface area contributed by atoms with Crippen molar-refractivity contribution >= 4 is 45.0 Å². The van der Waals surface area contributed by atoms with E-state index in [1.807, 2.05) is 48.5 Å². The van der Waals surface area contributed by atoms with Crippen LogP contribution < -0.4 is 21.3 Å². The van der Waals surface area contributed by atoms with Gasteiger partial charge in [0.1, 0.15) is 0 Å². The zero-order chi connectivity index (χ0) is 22.9. The van der Waals surface area contributed by atoms with E-state index in [0.717, 1.165) is 52.2 Å². The third-order valence-electron chi connectivity index (χ3n) is 5.28. The van der Waals surface area contributed by atoms with Gasteiger partial charge in [-0.2, -0.15) is 0 Å². The van der Waals surface area contributed by atoms with E-state index >= 15 is 0 Å². The fraction of sp³-hybridized carbons (Fsp3) is 0.200. The summed E-state index contributed by atoms with van der Waals surface area (Å²) in [5, 5.41) is 15.4. The van der Waals surface area contributed by atoms with Gasteiger partial charge in [-0.05, 0) is 43.5 Å². The van der Waals surface area contributed by atoms with Crippen molar-refractivity contribution < 1.29 is 9.59 Å². The van der Waals surface area contributed by atoms with Crippen LogP contribution in [0.25, 0.3) is 21.5 Å². The zero-order valence-corrected chi connectivity index (χ0v) is 18.2. The van der Waals surface area contributed by atoms with Gasteiger partial charge in [0.15, 0.2) is 0 Å². The van der Waals surface area contributed by atoms with Crippen LogP contribution in [0.4, 0.5) is 21.0 Å². The monoisotopic (exact) mass is 442 g/mol. The average molecular weight is 443 g/mol. The lowest BCUT2D eigenvalue weighted by Gasteiger charge is -2.11. The van der Waals surface area contributed by atoms with Crippen molar-refractivity contribution in [3.63, 3.8) is 0 Å². The van der Waals surface area contributed by atoms with Crippen LogP contribution in [-0.4, -0.2) is 35.1 Å². The van der Waals surface area contributed by atoms with Gasteiger partial charge in [-0.3, -0.25) is 9.97 Å². The predicted molar refractivity (Wildman–Crippen MR) is 131 cm³/mol. The van der Waals surface area contributed by atoms with Crippen LogP contribution in [0, 0.1) is 0 Å². The molecule has 4 N–H and O–H groups in total. The van der Waals surface area contributed by atoms with Gasteiger partial charge in [0.2, 0.25) is 0 Å². The molecule has 0 aliphatic heterocycles. The zero-order valence-electron chi connectivity index (χ0n) is 18.2. The largest absolute Gasteiger partial charge is 0.338 e. The molecule has 33 heavy (non-hydrogen) atoms. The number of benzene rings is 2. The maximum Gasteiger partial charge on any atom is 0.319 e. The summed E-state index contributed by atoms with van der Waals surface area (Å²) in [5.74, 6) is 0. The molecule has 0 fully saturated rings. The van der Waals surface area contributed by atoms with Crippen LogP contribution in [0.3, 0.4) is 0 Å². The van der Waals surface area contributed by atoms with Crippen molar-refractivity contribution in [3.05, 3.63) is 73.3 Å². The number of fused-ring (bicyclic) bond motifs is 2. The van der Waals surface area contributed by atoms with Crippen molar-refractivity contribution in [2.45, 2.75) is 19.3 Å². The molecule has 168 valence electrons. The highest BCUT2D eigenvalue weighted by Crippen LogP contribution is 2.22.